The van der Waals surface area contributed by atoms with Crippen molar-refractivity contribution in [2.24, 2.45) is 5.41 Å². The Labute approximate surface area is 115 Å². The Morgan fingerprint density at radius 3 is 2.58 bits per heavy atom. The van der Waals surface area contributed by atoms with E-state index in [0.29, 0.717) is 18.4 Å². The summed E-state index contributed by atoms with van der Waals surface area (Å²) in [5, 5.41) is 0. The molecule has 1 aromatic heterocycles. The molecule has 0 aliphatic heterocycles. The molecule has 19 heavy (non-hydrogen) atoms. The number of aromatic nitrogens is 2. The summed E-state index contributed by atoms with van der Waals surface area (Å²) in [6.45, 7) is 10.7. The molecule has 0 spiro atoms. The molecule has 0 saturated carbocycles. The molecule has 104 valence electrons. The van der Waals surface area contributed by atoms with E-state index in [2.05, 4.69) is 42.6 Å². The minimum Gasteiger partial charge on any atom is -0.474 e. The lowest BCUT2D eigenvalue weighted by Crippen LogP contribution is -2.20. The van der Waals surface area contributed by atoms with Crippen LogP contribution in [-0.4, -0.2) is 22.7 Å². The number of nitrogens with zero attached hydrogens (tertiary/aromatic N) is 2. The lowest BCUT2D eigenvalue weighted by Gasteiger charge is -2.23. The highest BCUT2D eigenvalue weighted by atomic mass is 16.5. The average Bonchev–Trinajstić information content (AvgIpc) is 2.27. The maximum absolute atomic E-state index is 5.77. The first-order valence-electron chi connectivity index (χ1n) is 6.42. The van der Waals surface area contributed by atoms with E-state index in [0.717, 1.165) is 6.42 Å². The van der Waals surface area contributed by atoms with Crippen molar-refractivity contribution in [2.45, 2.75) is 47.1 Å². The van der Waals surface area contributed by atoms with E-state index in [9.17, 15) is 0 Å². The summed E-state index contributed by atoms with van der Waals surface area (Å²) in [6.07, 6.45) is 2.49. The van der Waals surface area contributed by atoms with Crippen molar-refractivity contribution in [1.82, 2.24) is 9.97 Å². The zero-order valence-electron chi connectivity index (χ0n) is 12.4. The SMILES string of the molecule is CC#CCOc1cc(OC(C)CC(C)(C)C)ncn1. The molecule has 1 unspecified atom stereocenters. The van der Waals surface area contributed by atoms with Crippen LogP contribution in [0.4, 0.5) is 0 Å². The lowest BCUT2D eigenvalue weighted by molar-refractivity contribution is 0.153. The van der Waals surface area contributed by atoms with Gasteiger partial charge in [0.05, 0.1) is 12.2 Å². The number of hydrogen-bond acceptors (Lipinski definition) is 4. The molecule has 4 heteroatoms. The van der Waals surface area contributed by atoms with Gasteiger partial charge in [0.2, 0.25) is 11.8 Å². The maximum atomic E-state index is 5.77. The smallest absolute Gasteiger partial charge is 0.221 e. The molecular formula is C15H22N2O2. The first-order valence-corrected chi connectivity index (χ1v) is 6.42. The number of hydrogen-bond donors (Lipinski definition) is 0. The number of rotatable bonds is 5. The average molecular weight is 262 g/mol. The second kappa shape index (κ2) is 6.98. The van der Waals surface area contributed by atoms with Crippen molar-refractivity contribution in [3.05, 3.63) is 12.4 Å². The van der Waals surface area contributed by atoms with Gasteiger partial charge in [0.15, 0.2) is 6.61 Å². The second-order valence-electron chi connectivity index (χ2n) is 5.60. The van der Waals surface area contributed by atoms with Crippen LogP contribution in [-0.2, 0) is 0 Å². The Kier molecular flexibility index (Phi) is 5.62. The first kappa shape index (κ1) is 15.3. The molecule has 0 fully saturated rings. The van der Waals surface area contributed by atoms with Gasteiger partial charge in [0.25, 0.3) is 0 Å². The predicted molar refractivity (Wildman–Crippen MR) is 75.1 cm³/mol. The third-order valence-electron chi connectivity index (χ3n) is 2.31. The zero-order chi connectivity index (χ0) is 14.3. The topological polar surface area (TPSA) is 44.2 Å². The van der Waals surface area contributed by atoms with Gasteiger partial charge in [-0.15, -0.1) is 5.92 Å². The Bertz CT molecular complexity index is 455. The molecule has 0 aliphatic rings. The van der Waals surface area contributed by atoms with Crippen molar-refractivity contribution in [3.63, 3.8) is 0 Å². The Morgan fingerprint density at radius 1 is 1.26 bits per heavy atom. The zero-order valence-corrected chi connectivity index (χ0v) is 12.4. The van der Waals surface area contributed by atoms with Crippen LogP contribution in [0.2, 0.25) is 0 Å². The van der Waals surface area contributed by atoms with E-state index in [1.54, 1.807) is 13.0 Å². The lowest BCUT2D eigenvalue weighted by atomic mass is 9.90. The molecule has 0 amide bonds. The molecule has 0 bridgehead atoms. The summed E-state index contributed by atoms with van der Waals surface area (Å²) in [5.74, 6) is 6.59. The van der Waals surface area contributed by atoms with Gasteiger partial charge in [0.1, 0.15) is 6.33 Å². The quantitative estimate of drug-likeness (QED) is 0.765. The summed E-state index contributed by atoms with van der Waals surface area (Å²) in [7, 11) is 0. The number of ether oxygens (including phenoxy) is 2. The van der Waals surface area contributed by atoms with Crippen molar-refractivity contribution in [3.8, 4) is 23.6 Å². The van der Waals surface area contributed by atoms with Crippen molar-refractivity contribution in [1.29, 1.82) is 0 Å². The van der Waals surface area contributed by atoms with Gasteiger partial charge in [-0.1, -0.05) is 26.7 Å². The van der Waals surface area contributed by atoms with Crippen molar-refractivity contribution in [2.75, 3.05) is 6.61 Å². The molecule has 0 saturated heterocycles. The Hall–Kier alpha value is -1.76. The minimum absolute atomic E-state index is 0.0955. The van der Waals surface area contributed by atoms with E-state index in [-0.39, 0.29) is 11.5 Å². The standard InChI is InChI=1S/C15H22N2O2/c1-6-7-8-18-13-9-14(17-11-16-13)19-12(2)10-15(3,4)5/h9,11-12H,8,10H2,1-5H3. The third-order valence-corrected chi connectivity index (χ3v) is 2.31. The molecule has 0 aliphatic carbocycles. The van der Waals surface area contributed by atoms with Crippen LogP contribution < -0.4 is 9.47 Å². The second-order valence-corrected chi connectivity index (χ2v) is 5.60. The van der Waals surface area contributed by atoms with Gasteiger partial charge in [-0.25, -0.2) is 9.97 Å². The van der Waals surface area contributed by atoms with Gasteiger partial charge >= 0.3 is 0 Å². The highest BCUT2D eigenvalue weighted by Crippen LogP contribution is 2.23. The van der Waals surface area contributed by atoms with E-state index in [1.165, 1.54) is 6.33 Å². The minimum atomic E-state index is 0.0955. The van der Waals surface area contributed by atoms with Gasteiger partial charge in [-0.2, -0.15) is 0 Å². The van der Waals surface area contributed by atoms with Crippen LogP contribution in [0.3, 0.4) is 0 Å². The van der Waals surface area contributed by atoms with Crippen LogP contribution in [0, 0.1) is 17.3 Å². The van der Waals surface area contributed by atoms with Crippen LogP contribution in [0.15, 0.2) is 12.4 Å². The molecule has 0 radical (unpaired) electrons. The monoisotopic (exact) mass is 262 g/mol. The Morgan fingerprint density at radius 2 is 1.95 bits per heavy atom. The fraction of sp³-hybridized carbons (Fsp3) is 0.600. The molecule has 1 aromatic rings. The fourth-order valence-corrected chi connectivity index (χ4v) is 1.76. The first-order chi connectivity index (χ1) is 8.90. The van der Waals surface area contributed by atoms with Gasteiger partial charge in [-0.05, 0) is 25.7 Å². The normalized spacial score (nSPS) is 12.3. The molecule has 0 aromatic carbocycles. The van der Waals surface area contributed by atoms with E-state index in [4.69, 9.17) is 9.47 Å². The summed E-state index contributed by atoms with van der Waals surface area (Å²) >= 11 is 0. The molecular weight excluding hydrogens is 240 g/mol. The molecule has 1 heterocycles. The van der Waals surface area contributed by atoms with Gasteiger partial charge in [0, 0.05) is 0 Å². The maximum Gasteiger partial charge on any atom is 0.221 e. The van der Waals surface area contributed by atoms with Gasteiger partial charge in [-0.3, -0.25) is 0 Å². The summed E-state index contributed by atoms with van der Waals surface area (Å²) in [5.41, 5.74) is 0.225. The summed E-state index contributed by atoms with van der Waals surface area (Å²) < 4.78 is 11.1. The summed E-state index contributed by atoms with van der Waals surface area (Å²) in [6, 6.07) is 1.69. The molecule has 1 atom stereocenters. The van der Waals surface area contributed by atoms with Crippen LogP contribution in [0.5, 0.6) is 11.8 Å². The third kappa shape index (κ3) is 6.66. The van der Waals surface area contributed by atoms with Crippen molar-refractivity contribution < 1.29 is 9.47 Å². The van der Waals surface area contributed by atoms with Crippen LogP contribution >= 0.6 is 0 Å². The van der Waals surface area contributed by atoms with E-state index in [1.807, 2.05) is 6.92 Å². The molecule has 1 rings (SSSR count). The predicted octanol–water partition coefficient (Wildman–Crippen LogP) is 3.08. The van der Waals surface area contributed by atoms with Crippen molar-refractivity contribution >= 4 is 0 Å². The summed E-state index contributed by atoms with van der Waals surface area (Å²) in [4.78, 5) is 8.10. The van der Waals surface area contributed by atoms with Crippen LogP contribution in [0.1, 0.15) is 41.0 Å². The highest BCUT2D eigenvalue weighted by Gasteiger charge is 2.17. The van der Waals surface area contributed by atoms with Gasteiger partial charge < -0.3 is 9.47 Å². The highest BCUT2D eigenvalue weighted by molar-refractivity contribution is 5.19. The van der Waals surface area contributed by atoms with E-state index >= 15 is 0 Å². The molecule has 0 N–H and O–H groups in total. The fourth-order valence-electron chi connectivity index (χ4n) is 1.76. The van der Waals surface area contributed by atoms with Crippen LogP contribution in [0.25, 0.3) is 0 Å². The Balaban J connectivity index is 2.58. The van der Waals surface area contributed by atoms with E-state index < -0.39 is 0 Å². The molecule has 4 nitrogen and oxygen atoms in total. The largest absolute Gasteiger partial charge is 0.474 e.